The fourth-order valence-electron chi connectivity index (χ4n) is 1.44. The van der Waals surface area contributed by atoms with E-state index in [0.717, 1.165) is 5.56 Å². The first kappa shape index (κ1) is 12.6. The molecule has 0 heterocycles. The van der Waals surface area contributed by atoms with Crippen LogP contribution in [0.15, 0.2) is 59.5 Å². The molecule has 0 aromatic heterocycles. The van der Waals surface area contributed by atoms with Gasteiger partial charge in [-0.25, -0.2) is 8.42 Å². The van der Waals surface area contributed by atoms with Crippen LogP contribution in [0.5, 0.6) is 5.75 Å². The minimum absolute atomic E-state index is 0.255. The summed E-state index contributed by atoms with van der Waals surface area (Å²) in [6.07, 6.45) is 0. The Labute approximate surface area is 106 Å². The predicted molar refractivity (Wildman–Crippen MR) is 65.2 cm³/mol. The summed E-state index contributed by atoms with van der Waals surface area (Å²) >= 11 is 0. The van der Waals surface area contributed by atoms with Gasteiger partial charge < -0.3 is 9.29 Å². The smallest absolute Gasteiger partial charge is 0.124 e. The number of hydrogen-bond acceptors (Lipinski definition) is 4. The monoisotopic (exact) mass is 263 g/mol. The van der Waals surface area contributed by atoms with Crippen molar-refractivity contribution in [1.29, 1.82) is 0 Å². The number of rotatable bonds is 4. The zero-order chi connectivity index (χ0) is 13.0. The highest BCUT2D eigenvalue weighted by Crippen LogP contribution is 2.16. The Morgan fingerprint density at radius 1 is 0.944 bits per heavy atom. The van der Waals surface area contributed by atoms with Crippen LogP contribution in [0.3, 0.4) is 0 Å². The molecule has 0 aliphatic heterocycles. The molecular weight excluding hydrogens is 252 g/mol. The molecule has 0 saturated carbocycles. The molecular formula is C13H11O4S-. The van der Waals surface area contributed by atoms with Crippen molar-refractivity contribution in [3.05, 3.63) is 60.2 Å². The van der Waals surface area contributed by atoms with Crippen molar-refractivity contribution in [3.8, 4) is 5.75 Å². The molecule has 0 saturated heterocycles. The first-order valence-corrected chi connectivity index (χ1v) is 6.69. The molecule has 0 atom stereocenters. The van der Waals surface area contributed by atoms with Crippen LogP contribution in [0.4, 0.5) is 0 Å². The van der Waals surface area contributed by atoms with Gasteiger partial charge in [-0.1, -0.05) is 30.3 Å². The molecule has 0 spiro atoms. The van der Waals surface area contributed by atoms with E-state index in [9.17, 15) is 13.0 Å². The van der Waals surface area contributed by atoms with Crippen LogP contribution in [0.25, 0.3) is 0 Å². The summed E-state index contributed by atoms with van der Waals surface area (Å²) in [6.45, 7) is 0.393. The highest BCUT2D eigenvalue weighted by atomic mass is 32.2. The molecule has 2 aromatic rings. The van der Waals surface area contributed by atoms with Crippen LogP contribution in [-0.2, 0) is 16.7 Å². The third-order valence-electron chi connectivity index (χ3n) is 2.36. The summed E-state index contributed by atoms with van der Waals surface area (Å²) < 4.78 is 37.6. The standard InChI is InChI=1S/C13H12O4S/c14-18(15,16)13-8-6-12(7-9-13)17-10-11-4-2-1-3-5-11/h1-9H,10H2,(H,14,15,16)/p-1. The highest BCUT2D eigenvalue weighted by Gasteiger charge is 2.01. The second-order valence-corrected chi connectivity index (χ2v) is 5.08. The maximum atomic E-state index is 10.7. The van der Waals surface area contributed by atoms with E-state index in [2.05, 4.69) is 0 Å². The maximum Gasteiger partial charge on any atom is 0.124 e. The van der Waals surface area contributed by atoms with Gasteiger partial charge in [-0.15, -0.1) is 0 Å². The fraction of sp³-hybridized carbons (Fsp3) is 0.0769. The van der Waals surface area contributed by atoms with Gasteiger partial charge >= 0.3 is 0 Å². The highest BCUT2D eigenvalue weighted by molar-refractivity contribution is 7.85. The molecule has 5 heteroatoms. The lowest BCUT2D eigenvalue weighted by Crippen LogP contribution is -1.99. The second-order valence-electron chi connectivity index (χ2n) is 3.70. The molecule has 0 radical (unpaired) electrons. The quantitative estimate of drug-likeness (QED) is 0.793. The molecule has 0 fully saturated rings. The summed E-state index contributed by atoms with van der Waals surface area (Å²) in [5.74, 6) is 0.520. The normalized spacial score (nSPS) is 11.2. The zero-order valence-electron chi connectivity index (χ0n) is 9.44. The Hall–Kier alpha value is -1.85. The van der Waals surface area contributed by atoms with E-state index < -0.39 is 10.1 Å². The van der Waals surface area contributed by atoms with Crippen LogP contribution in [0, 0.1) is 0 Å². The number of hydrogen-bond donors (Lipinski definition) is 0. The van der Waals surface area contributed by atoms with Crippen LogP contribution in [0.1, 0.15) is 5.56 Å². The van der Waals surface area contributed by atoms with Crippen LogP contribution in [0.2, 0.25) is 0 Å². The molecule has 0 bridgehead atoms. The van der Waals surface area contributed by atoms with Gasteiger partial charge in [0.15, 0.2) is 0 Å². The van der Waals surface area contributed by atoms with Gasteiger partial charge in [0.2, 0.25) is 0 Å². The summed E-state index contributed by atoms with van der Waals surface area (Å²) in [7, 11) is -4.39. The van der Waals surface area contributed by atoms with E-state index in [0.29, 0.717) is 12.4 Å². The van der Waals surface area contributed by atoms with E-state index in [1.54, 1.807) is 0 Å². The van der Waals surface area contributed by atoms with Gasteiger partial charge in [-0.3, -0.25) is 0 Å². The SMILES string of the molecule is O=S(=O)([O-])c1ccc(OCc2ccccc2)cc1. The largest absolute Gasteiger partial charge is 0.744 e. The van der Waals surface area contributed by atoms with Gasteiger partial charge in [-0.2, -0.15) is 0 Å². The van der Waals surface area contributed by atoms with Crippen LogP contribution < -0.4 is 4.74 Å². The Morgan fingerprint density at radius 2 is 1.56 bits per heavy atom. The van der Waals surface area contributed by atoms with Crippen molar-refractivity contribution in [2.24, 2.45) is 0 Å². The summed E-state index contributed by atoms with van der Waals surface area (Å²) in [6, 6.07) is 15.0. The van der Waals surface area contributed by atoms with Gasteiger partial charge in [0.25, 0.3) is 0 Å². The number of benzene rings is 2. The summed E-state index contributed by atoms with van der Waals surface area (Å²) in [5, 5.41) is 0. The third-order valence-corrected chi connectivity index (χ3v) is 3.21. The van der Waals surface area contributed by atoms with Crippen molar-refractivity contribution < 1.29 is 17.7 Å². The molecule has 2 aromatic carbocycles. The van der Waals surface area contributed by atoms with E-state index in [-0.39, 0.29) is 4.90 Å². The first-order valence-electron chi connectivity index (χ1n) is 5.28. The summed E-state index contributed by atoms with van der Waals surface area (Å²) in [4.78, 5) is -0.255. The molecule has 0 N–H and O–H groups in total. The molecule has 0 unspecified atom stereocenters. The van der Waals surface area contributed by atoms with E-state index in [1.165, 1.54) is 24.3 Å². The molecule has 4 nitrogen and oxygen atoms in total. The van der Waals surface area contributed by atoms with Crippen LogP contribution >= 0.6 is 0 Å². The Bertz CT molecular complexity index is 603. The summed E-state index contributed by atoms with van der Waals surface area (Å²) in [5.41, 5.74) is 1.01. The average molecular weight is 263 g/mol. The molecule has 0 amide bonds. The second kappa shape index (κ2) is 5.20. The van der Waals surface area contributed by atoms with Crippen molar-refractivity contribution in [2.75, 3.05) is 0 Å². The van der Waals surface area contributed by atoms with Gasteiger partial charge in [-0.05, 0) is 29.8 Å². The predicted octanol–water partition coefficient (Wildman–Crippen LogP) is 2.17. The minimum atomic E-state index is -4.39. The van der Waals surface area contributed by atoms with Gasteiger partial charge in [0, 0.05) is 0 Å². The van der Waals surface area contributed by atoms with E-state index in [1.807, 2.05) is 30.3 Å². The van der Waals surface area contributed by atoms with Gasteiger partial charge in [0.1, 0.15) is 22.5 Å². The lowest BCUT2D eigenvalue weighted by atomic mass is 10.2. The van der Waals surface area contributed by atoms with E-state index in [4.69, 9.17) is 4.74 Å². The Kier molecular flexibility index (Phi) is 3.64. The van der Waals surface area contributed by atoms with Crippen molar-refractivity contribution >= 4 is 10.1 Å². The van der Waals surface area contributed by atoms with Crippen molar-refractivity contribution in [3.63, 3.8) is 0 Å². The third kappa shape index (κ3) is 3.32. The van der Waals surface area contributed by atoms with Crippen molar-refractivity contribution in [1.82, 2.24) is 0 Å². The lowest BCUT2D eigenvalue weighted by Gasteiger charge is -2.09. The molecule has 94 valence electrons. The molecule has 18 heavy (non-hydrogen) atoms. The topological polar surface area (TPSA) is 66.4 Å². The average Bonchev–Trinajstić information content (AvgIpc) is 2.37. The lowest BCUT2D eigenvalue weighted by molar-refractivity contribution is 0.306. The first-order chi connectivity index (χ1) is 8.55. The van der Waals surface area contributed by atoms with Gasteiger partial charge in [0.05, 0.1) is 4.90 Å². The Balaban J connectivity index is 2.03. The van der Waals surface area contributed by atoms with E-state index >= 15 is 0 Å². The maximum absolute atomic E-state index is 10.7. The number of ether oxygens (including phenoxy) is 1. The van der Waals surface area contributed by atoms with Crippen LogP contribution in [-0.4, -0.2) is 13.0 Å². The fourth-order valence-corrected chi connectivity index (χ4v) is 1.91. The molecule has 0 aliphatic rings. The molecule has 0 aliphatic carbocycles. The molecule has 2 rings (SSSR count). The van der Waals surface area contributed by atoms with Crippen molar-refractivity contribution in [2.45, 2.75) is 11.5 Å². The Morgan fingerprint density at radius 3 is 2.11 bits per heavy atom. The zero-order valence-corrected chi connectivity index (χ0v) is 10.3. The minimum Gasteiger partial charge on any atom is -0.744 e.